The Hall–Kier alpha value is -1.30. The first-order valence-corrected chi connectivity index (χ1v) is 6.22. The first-order chi connectivity index (χ1) is 9.00. The minimum atomic E-state index is -3.98. The molecule has 1 aromatic rings. The summed E-state index contributed by atoms with van der Waals surface area (Å²) < 4.78 is 49.5. The number of hydrogen-bond donors (Lipinski definition) is 2. The van der Waals surface area contributed by atoms with Crippen LogP contribution >= 0.6 is 0 Å². The molecule has 0 atom stereocenters. The molecule has 2 nitrogen and oxygen atoms in total. The van der Waals surface area contributed by atoms with E-state index in [0.717, 1.165) is 36.2 Å². The van der Waals surface area contributed by atoms with Crippen LogP contribution in [-0.2, 0) is 13.0 Å². The van der Waals surface area contributed by atoms with Crippen molar-refractivity contribution in [2.75, 3.05) is 18.4 Å². The number of halogens is 4. The van der Waals surface area contributed by atoms with Crippen LogP contribution < -0.4 is 10.6 Å². The van der Waals surface area contributed by atoms with Crippen LogP contribution in [0.15, 0.2) is 18.2 Å². The predicted molar refractivity (Wildman–Crippen MR) is 65.9 cm³/mol. The van der Waals surface area contributed by atoms with Gasteiger partial charge in [0, 0.05) is 18.8 Å². The highest BCUT2D eigenvalue weighted by Gasteiger charge is 2.40. The Bertz CT molecular complexity index is 435. The molecule has 0 spiro atoms. The fourth-order valence-corrected chi connectivity index (χ4v) is 2.19. The van der Waals surface area contributed by atoms with Gasteiger partial charge in [-0.15, -0.1) is 0 Å². The van der Waals surface area contributed by atoms with E-state index in [4.69, 9.17) is 0 Å². The third-order valence-electron chi connectivity index (χ3n) is 3.19. The van der Waals surface area contributed by atoms with E-state index >= 15 is 0 Å². The van der Waals surface area contributed by atoms with Crippen LogP contribution in [0, 0.1) is 0 Å². The maximum Gasteiger partial charge on any atom is 0.319 e. The van der Waals surface area contributed by atoms with Gasteiger partial charge in [-0.3, -0.25) is 0 Å². The monoisotopic (exact) mass is 276 g/mol. The summed E-state index contributed by atoms with van der Waals surface area (Å²) in [6.07, 6.45) is -1.77. The number of benzene rings is 1. The zero-order valence-corrected chi connectivity index (χ0v) is 10.4. The molecule has 6 heteroatoms. The normalized spacial score (nSPS) is 15.2. The molecule has 0 amide bonds. The molecule has 2 N–H and O–H groups in total. The molecule has 0 fully saturated rings. The lowest BCUT2D eigenvalue weighted by Crippen LogP contribution is -2.38. The van der Waals surface area contributed by atoms with Crippen molar-refractivity contribution >= 4 is 5.69 Å². The molecule has 0 saturated heterocycles. The molecule has 0 unspecified atom stereocenters. The molecular weight excluding hydrogens is 260 g/mol. The van der Waals surface area contributed by atoms with E-state index in [1.165, 1.54) is 0 Å². The van der Waals surface area contributed by atoms with Crippen molar-refractivity contribution in [3.63, 3.8) is 0 Å². The highest BCUT2D eigenvalue weighted by molar-refractivity contribution is 5.56. The summed E-state index contributed by atoms with van der Waals surface area (Å²) >= 11 is 0. The van der Waals surface area contributed by atoms with E-state index in [2.05, 4.69) is 10.6 Å². The van der Waals surface area contributed by atoms with Crippen LogP contribution in [0.5, 0.6) is 0 Å². The predicted octanol–water partition coefficient (Wildman–Crippen LogP) is 3.03. The molecule has 0 aromatic heterocycles. The molecule has 1 heterocycles. The number of nitrogens with one attached hydrogen (secondary N) is 2. The highest BCUT2D eigenvalue weighted by Crippen LogP contribution is 2.26. The third kappa shape index (κ3) is 3.37. The van der Waals surface area contributed by atoms with Gasteiger partial charge < -0.3 is 10.6 Å². The molecule has 2 rings (SSSR count). The summed E-state index contributed by atoms with van der Waals surface area (Å²) in [6.45, 7) is 0.0578. The summed E-state index contributed by atoms with van der Waals surface area (Å²) in [7, 11) is 0. The fourth-order valence-electron chi connectivity index (χ4n) is 2.19. The molecule has 0 radical (unpaired) electrons. The smallest absolute Gasteiger partial charge is 0.319 e. The summed E-state index contributed by atoms with van der Waals surface area (Å²) in [4.78, 5) is 0. The van der Waals surface area contributed by atoms with Crippen LogP contribution in [0.3, 0.4) is 0 Å². The van der Waals surface area contributed by atoms with E-state index in [1.807, 2.05) is 18.2 Å². The Kier molecular flexibility index (Phi) is 4.29. The Morgan fingerprint density at radius 3 is 2.84 bits per heavy atom. The highest BCUT2D eigenvalue weighted by atomic mass is 19.3. The van der Waals surface area contributed by atoms with Gasteiger partial charge in [0.05, 0.1) is 6.54 Å². The topological polar surface area (TPSA) is 24.1 Å². The second-order valence-electron chi connectivity index (χ2n) is 4.64. The van der Waals surface area contributed by atoms with Crippen LogP contribution in [0.4, 0.5) is 23.2 Å². The SMILES string of the molecule is FC(F)C(F)(F)CNCc1cccc2c1CCCN2. The second-order valence-corrected chi connectivity index (χ2v) is 4.64. The Balaban J connectivity index is 1.97. The van der Waals surface area contributed by atoms with Gasteiger partial charge >= 0.3 is 12.3 Å². The van der Waals surface area contributed by atoms with Gasteiger partial charge in [-0.1, -0.05) is 12.1 Å². The van der Waals surface area contributed by atoms with E-state index < -0.39 is 18.9 Å². The maximum atomic E-state index is 12.8. The lowest BCUT2D eigenvalue weighted by Gasteiger charge is -2.22. The zero-order valence-electron chi connectivity index (χ0n) is 10.4. The average Bonchev–Trinajstić information content (AvgIpc) is 2.38. The molecule has 1 aliphatic heterocycles. The summed E-state index contributed by atoms with van der Waals surface area (Å²) in [6, 6.07) is 5.60. The molecule has 0 aliphatic carbocycles. The first kappa shape index (κ1) is 14.1. The summed E-state index contributed by atoms with van der Waals surface area (Å²) in [5.74, 6) is -3.98. The van der Waals surface area contributed by atoms with E-state index in [-0.39, 0.29) is 6.54 Å². The maximum absolute atomic E-state index is 12.8. The van der Waals surface area contributed by atoms with Crippen LogP contribution in [0.2, 0.25) is 0 Å². The van der Waals surface area contributed by atoms with Gasteiger partial charge in [0.15, 0.2) is 0 Å². The molecular formula is C13H16F4N2. The van der Waals surface area contributed by atoms with Crippen molar-refractivity contribution in [1.29, 1.82) is 0 Å². The van der Waals surface area contributed by atoms with Crippen LogP contribution in [0.1, 0.15) is 17.5 Å². The van der Waals surface area contributed by atoms with Gasteiger partial charge in [-0.2, -0.15) is 8.78 Å². The minimum absolute atomic E-state index is 0.174. The Morgan fingerprint density at radius 2 is 2.11 bits per heavy atom. The van der Waals surface area contributed by atoms with Crippen molar-refractivity contribution in [2.45, 2.75) is 31.7 Å². The van der Waals surface area contributed by atoms with E-state index in [1.54, 1.807) is 0 Å². The fraction of sp³-hybridized carbons (Fsp3) is 0.538. The van der Waals surface area contributed by atoms with Gasteiger partial charge in [0.25, 0.3) is 0 Å². The van der Waals surface area contributed by atoms with Crippen molar-refractivity contribution in [3.05, 3.63) is 29.3 Å². The standard InChI is InChI=1S/C13H16F4N2/c14-12(15)13(16,17)8-18-7-9-3-1-5-11-10(9)4-2-6-19-11/h1,3,5,12,18-19H,2,4,6-8H2. The van der Waals surface area contributed by atoms with Crippen molar-refractivity contribution in [3.8, 4) is 0 Å². The lowest BCUT2D eigenvalue weighted by atomic mass is 9.97. The van der Waals surface area contributed by atoms with Crippen molar-refractivity contribution in [1.82, 2.24) is 5.32 Å². The summed E-state index contributed by atoms with van der Waals surface area (Å²) in [5, 5.41) is 5.65. The second kappa shape index (κ2) is 5.77. The number of anilines is 1. The van der Waals surface area contributed by atoms with Gasteiger partial charge in [-0.25, -0.2) is 8.78 Å². The van der Waals surface area contributed by atoms with Crippen LogP contribution in [-0.4, -0.2) is 25.4 Å². The zero-order chi connectivity index (χ0) is 13.9. The van der Waals surface area contributed by atoms with Gasteiger partial charge in [0.2, 0.25) is 0 Å². The molecule has 1 aromatic carbocycles. The third-order valence-corrected chi connectivity index (χ3v) is 3.19. The van der Waals surface area contributed by atoms with E-state index in [0.29, 0.717) is 0 Å². The minimum Gasteiger partial charge on any atom is -0.385 e. The first-order valence-electron chi connectivity index (χ1n) is 6.22. The molecule has 1 aliphatic rings. The van der Waals surface area contributed by atoms with Gasteiger partial charge in [0.1, 0.15) is 0 Å². The van der Waals surface area contributed by atoms with Gasteiger partial charge in [-0.05, 0) is 30.0 Å². The summed E-state index contributed by atoms with van der Waals surface area (Å²) in [5.41, 5.74) is 2.97. The quantitative estimate of drug-likeness (QED) is 0.808. The van der Waals surface area contributed by atoms with Crippen molar-refractivity contribution < 1.29 is 17.6 Å². The molecule has 0 bridgehead atoms. The van der Waals surface area contributed by atoms with Crippen LogP contribution in [0.25, 0.3) is 0 Å². The number of hydrogen-bond acceptors (Lipinski definition) is 2. The largest absolute Gasteiger partial charge is 0.385 e. The number of rotatable bonds is 5. The molecule has 19 heavy (non-hydrogen) atoms. The molecule has 0 saturated carbocycles. The van der Waals surface area contributed by atoms with Crippen molar-refractivity contribution in [2.24, 2.45) is 0 Å². The lowest BCUT2D eigenvalue weighted by molar-refractivity contribution is -0.125. The number of fused-ring (bicyclic) bond motifs is 1. The average molecular weight is 276 g/mol. The number of alkyl halides is 4. The Labute approximate surface area is 109 Å². The van der Waals surface area contributed by atoms with E-state index in [9.17, 15) is 17.6 Å². The Morgan fingerprint density at radius 1 is 1.32 bits per heavy atom. The molecule has 106 valence electrons.